The molecule has 0 saturated carbocycles. The number of nitrogens with one attached hydrogen (secondary N) is 3. The molecule has 3 amide bonds. The molecule has 54 heavy (non-hydrogen) atoms. The standard InChI is InChI=1S/C30H51N3O21/c1-8(37)31-15-22(44)18(40)11(4-34)50-28(15)48-7-14-21(43)25(16(27(47)49-14)32-9(2)38)53-29-17(33-10(3)39)26(20(42)13(6-36)51-29)54-30-24(46)23(45)19(41)12(5-35)52-30/h11-30,34-36,40-47H,4-7H2,1-3H3,(H,31,37)(H,32,38)(H,33,39)/t11-,12-,13-,14-,15-,16-,17-,18-,19+,20-,21-,22-,23+,24-,25-,26-,27-,28-,29+,30+/m1/s1. The van der Waals surface area contributed by atoms with Gasteiger partial charge in [0.2, 0.25) is 17.7 Å². The van der Waals surface area contributed by atoms with Crippen LogP contribution in [0.2, 0.25) is 0 Å². The number of aliphatic hydroxyl groups excluding tert-OH is 11. The van der Waals surface area contributed by atoms with Crippen LogP contribution in [0.4, 0.5) is 0 Å². The predicted octanol–water partition coefficient (Wildman–Crippen LogP) is -9.32. The molecule has 4 saturated heterocycles. The molecule has 0 aromatic carbocycles. The Balaban J connectivity index is 1.62. The molecule has 4 aliphatic rings. The van der Waals surface area contributed by atoms with Crippen LogP contribution in [-0.2, 0) is 47.5 Å². The Labute approximate surface area is 307 Å². The van der Waals surface area contributed by atoms with Crippen LogP contribution in [0.1, 0.15) is 20.8 Å². The third-order valence-corrected chi connectivity index (χ3v) is 9.39. The lowest BCUT2D eigenvalue weighted by atomic mass is 9.93. The molecule has 0 bridgehead atoms. The van der Waals surface area contributed by atoms with Gasteiger partial charge in [-0.3, -0.25) is 14.4 Å². The van der Waals surface area contributed by atoms with Crippen LogP contribution in [0.3, 0.4) is 0 Å². The lowest BCUT2D eigenvalue weighted by Gasteiger charge is -2.50. The van der Waals surface area contributed by atoms with Gasteiger partial charge in [-0.2, -0.15) is 0 Å². The first-order valence-electron chi connectivity index (χ1n) is 17.1. The maximum Gasteiger partial charge on any atom is 0.217 e. The van der Waals surface area contributed by atoms with Crippen molar-refractivity contribution < 1.29 is 104 Å². The van der Waals surface area contributed by atoms with Gasteiger partial charge in [0.05, 0.1) is 26.4 Å². The van der Waals surface area contributed by atoms with Gasteiger partial charge in [0.1, 0.15) is 97.5 Å². The van der Waals surface area contributed by atoms with E-state index in [1.54, 1.807) is 0 Å². The molecule has 4 rings (SSSR count). The van der Waals surface area contributed by atoms with Crippen LogP contribution in [0.5, 0.6) is 0 Å². The van der Waals surface area contributed by atoms with Gasteiger partial charge in [0.15, 0.2) is 25.2 Å². The molecule has 0 spiro atoms. The number of aliphatic hydroxyl groups is 11. The summed E-state index contributed by atoms with van der Waals surface area (Å²) in [6, 6.07) is -4.57. The number of hydrogen-bond donors (Lipinski definition) is 14. The topological polar surface area (TPSA) is 374 Å². The summed E-state index contributed by atoms with van der Waals surface area (Å²) in [4.78, 5) is 36.5. The fraction of sp³-hybridized carbons (Fsp3) is 0.900. The quantitative estimate of drug-likeness (QED) is 0.0823. The summed E-state index contributed by atoms with van der Waals surface area (Å²) < 4.78 is 39.8. The van der Waals surface area contributed by atoms with Gasteiger partial charge in [-0.25, -0.2) is 0 Å². The average Bonchev–Trinajstić information content (AvgIpc) is 3.11. The van der Waals surface area contributed by atoms with E-state index in [9.17, 15) is 70.6 Å². The zero-order valence-electron chi connectivity index (χ0n) is 29.4. The van der Waals surface area contributed by atoms with Crippen molar-refractivity contribution in [1.29, 1.82) is 0 Å². The molecule has 0 aromatic rings. The van der Waals surface area contributed by atoms with Gasteiger partial charge in [-0.1, -0.05) is 0 Å². The van der Waals surface area contributed by atoms with Crippen molar-refractivity contribution in [2.45, 2.75) is 143 Å². The third-order valence-electron chi connectivity index (χ3n) is 9.39. The molecule has 312 valence electrons. The van der Waals surface area contributed by atoms with Crippen molar-refractivity contribution in [2.24, 2.45) is 0 Å². The first-order chi connectivity index (χ1) is 25.4. The lowest BCUT2D eigenvalue weighted by molar-refractivity contribution is -0.358. The number of hydrogen-bond acceptors (Lipinski definition) is 21. The Morgan fingerprint density at radius 3 is 1.46 bits per heavy atom. The summed E-state index contributed by atoms with van der Waals surface area (Å²) in [6.45, 7) is 0.0715. The second-order valence-corrected chi connectivity index (χ2v) is 13.4. The fourth-order valence-corrected chi connectivity index (χ4v) is 6.65. The van der Waals surface area contributed by atoms with Gasteiger partial charge >= 0.3 is 0 Å². The summed E-state index contributed by atoms with van der Waals surface area (Å²) in [5.41, 5.74) is 0. The van der Waals surface area contributed by atoms with Gasteiger partial charge in [0, 0.05) is 20.8 Å². The van der Waals surface area contributed by atoms with E-state index in [0.717, 1.165) is 20.8 Å². The Hall–Kier alpha value is -2.31. The largest absolute Gasteiger partial charge is 0.394 e. The van der Waals surface area contributed by atoms with Crippen molar-refractivity contribution in [3.63, 3.8) is 0 Å². The van der Waals surface area contributed by atoms with E-state index < -0.39 is 167 Å². The average molecular weight is 790 g/mol. The first kappa shape index (κ1) is 44.4. The zero-order chi connectivity index (χ0) is 40.2. The molecule has 24 heteroatoms. The molecule has 20 atom stereocenters. The highest BCUT2D eigenvalue weighted by atomic mass is 16.7. The molecule has 0 aliphatic carbocycles. The van der Waals surface area contributed by atoms with Gasteiger partial charge in [0.25, 0.3) is 0 Å². The van der Waals surface area contributed by atoms with E-state index in [0.29, 0.717) is 0 Å². The monoisotopic (exact) mass is 789 g/mol. The van der Waals surface area contributed by atoms with Gasteiger partial charge in [-0.05, 0) is 0 Å². The van der Waals surface area contributed by atoms with Crippen LogP contribution >= 0.6 is 0 Å². The minimum absolute atomic E-state index is 0.650. The Morgan fingerprint density at radius 2 is 0.907 bits per heavy atom. The maximum absolute atomic E-state index is 12.4. The molecule has 24 nitrogen and oxygen atoms in total. The van der Waals surface area contributed by atoms with Gasteiger partial charge < -0.3 is 105 Å². The Bertz CT molecular complexity index is 1250. The van der Waals surface area contributed by atoms with Crippen molar-refractivity contribution in [3.05, 3.63) is 0 Å². The highest BCUT2D eigenvalue weighted by molar-refractivity contribution is 5.74. The summed E-state index contributed by atoms with van der Waals surface area (Å²) >= 11 is 0. The summed E-state index contributed by atoms with van der Waals surface area (Å²) in [5.74, 6) is -2.14. The van der Waals surface area contributed by atoms with Crippen LogP contribution in [0.25, 0.3) is 0 Å². The van der Waals surface area contributed by atoms with E-state index in [1.165, 1.54) is 0 Å². The highest BCUT2D eigenvalue weighted by Gasteiger charge is 2.55. The van der Waals surface area contributed by atoms with Crippen LogP contribution in [-0.4, -0.2) is 223 Å². The number of ether oxygens (including phenoxy) is 7. The predicted molar refractivity (Wildman–Crippen MR) is 169 cm³/mol. The van der Waals surface area contributed by atoms with E-state index in [4.69, 9.17) is 33.2 Å². The number of rotatable bonds is 13. The molecule has 4 aliphatic heterocycles. The van der Waals surface area contributed by atoms with Crippen molar-refractivity contribution in [2.75, 3.05) is 26.4 Å². The van der Waals surface area contributed by atoms with E-state index in [2.05, 4.69) is 16.0 Å². The number of carbonyl (C=O) groups is 3. The fourth-order valence-electron chi connectivity index (χ4n) is 6.65. The normalized spacial score (nSPS) is 45.7. The molecular formula is C30H51N3O21. The molecule has 0 unspecified atom stereocenters. The first-order valence-corrected chi connectivity index (χ1v) is 17.1. The van der Waals surface area contributed by atoms with E-state index >= 15 is 0 Å². The van der Waals surface area contributed by atoms with Crippen LogP contribution in [0, 0.1) is 0 Å². The van der Waals surface area contributed by atoms with Crippen LogP contribution < -0.4 is 16.0 Å². The SMILES string of the molecule is CC(=O)N[C@@H]1[C@@H](O[C@@H]2O[C@H](CO)[C@@H](O)[C@H](O[C@@H]3O[C@H](CO)[C@H](O)[C@H](O)[C@H]3O)[C@H]2NC(C)=O)[C@H](O)[C@@H](CO[C@@H]2O[C@H](CO)[C@@H](O)[C@H](O)[C@H]2NC(C)=O)O[C@H]1O. The molecular weight excluding hydrogens is 738 g/mol. The zero-order valence-corrected chi connectivity index (χ0v) is 29.4. The second-order valence-electron chi connectivity index (χ2n) is 13.4. The molecule has 4 fully saturated rings. The van der Waals surface area contributed by atoms with E-state index in [1.807, 2.05) is 0 Å². The molecule has 4 heterocycles. The maximum atomic E-state index is 12.4. The van der Waals surface area contributed by atoms with E-state index in [-0.39, 0.29) is 0 Å². The number of amides is 3. The van der Waals surface area contributed by atoms with Crippen LogP contribution in [0.15, 0.2) is 0 Å². The molecule has 14 N–H and O–H groups in total. The van der Waals surface area contributed by atoms with Crippen molar-refractivity contribution >= 4 is 17.7 Å². The van der Waals surface area contributed by atoms with Crippen molar-refractivity contribution in [1.82, 2.24) is 16.0 Å². The summed E-state index contributed by atoms with van der Waals surface area (Å²) in [5, 5.41) is 122. The number of carbonyl (C=O) groups excluding carboxylic acids is 3. The minimum Gasteiger partial charge on any atom is -0.394 e. The summed E-state index contributed by atoms with van der Waals surface area (Å²) in [6.07, 6.45) is -29.2. The third kappa shape index (κ3) is 9.97. The summed E-state index contributed by atoms with van der Waals surface area (Å²) in [7, 11) is 0. The lowest BCUT2D eigenvalue weighted by Crippen LogP contribution is -2.71. The smallest absolute Gasteiger partial charge is 0.217 e. The minimum atomic E-state index is -1.96. The van der Waals surface area contributed by atoms with Gasteiger partial charge in [-0.15, -0.1) is 0 Å². The van der Waals surface area contributed by atoms with Crippen molar-refractivity contribution in [3.8, 4) is 0 Å². The Kier molecular flexibility index (Phi) is 15.8. The molecule has 0 radical (unpaired) electrons. The second kappa shape index (κ2) is 19.2. The molecule has 0 aromatic heterocycles. The Morgan fingerprint density at radius 1 is 0.481 bits per heavy atom. The highest BCUT2D eigenvalue weighted by Crippen LogP contribution is 2.33.